The summed E-state index contributed by atoms with van der Waals surface area (Å²) < 4.78 is 0. The number of hydrogen-bond donors (Lipinski definition) is 2. The van der Waals surface area contributed by atoms with Crippen LogP contribution in [0.25, 0.3) is 0 Å². The van der Waals surface area contributed by atoms with Gasteiger partial charge in [-0.2, -0.15) is 0 Å². The third kappa shape index (κ3) is 2.17. The summed E-state index contributed by atoms with van der Waals surface area (Å²) >= 11 is 4.37. The normalized spacial score (nSPS) is 43.5. The molecule has 1 aliphatic carbocycles. The van der Waals surface area contributed by atoms with E-state index in [9.17, 15) is 5.11 Å². The monoisotopic (exact) mass is 188 g/mol. The molecule has 0 aromatic carbocycles. The second kappa shape index (κ2) is 3.59. The van der Waals surface area contributed by atoms with E-state index in [-0.39, 0.29) is 0 Å². The van der Waals surface area contributed by atoms with Gasteiger partial charge in [0, 0.05) is 0 Å². The van der Waals surface area contributed by atoms with Crippen LogP contribution in [-0.2, 0) is 0 Å². The Morgan fingerprint density at radius 3 is 2.42 bits per heavy atom. The molecular weight excluding hydrogens is 168 g/mol. The van der Waals surface area contributed by atoms with E-state index >= 15 is 0 Å². The molecule has 12 heavy (non-hydrogen) atoms. The highest BCUT2D eigenvalue weighted by Gasteiger charge is 2.39. The molecule has 0 heterocycles. The maximum absolute atomic E-state index is 10.0. The second-order valence-electron chi connectivity index (χ2n) is 4.62. The van der Waals surface area contributed by atoms with Crippen LogP contribution in [0.15, 0.2) is 0 Å². The third-order valence-corrected chi connectivity index (χ3v) is 3.53. The lowest BCUT2D eigenvalue weighted by atomic mass is 9.75. The summed E-state index contributed by atoms with van der Waals surface area (Å²) in [6.07, 6.45) is 3.21. The van der Waals surface area contributed by atoms with Crippen molar-refractivity contribution in [1.29, 1.82) is 0 Å². The molecule has 1 nitrogen and oxygen atoms in total. The first-order valence-corrected chi connectivity index (χ1v) is 5.33. The molecule has 3 atom stereocenters. The molecule has 1 aliphatic rings. The molecule has 0 spiro atoms. The summed E-state index contributed by atoms with van der Waals surface area (Å²) in [6.45, 7) is 6.53. The fourth-order valence-corrected chi connectivity index (χ4v) is 3.07. The van der Waals surface area contributed by atoms with Gasteiger partial charge < -0.3 is 5.11 Å². The van der Waals surface area contributed by atoms with Crippen molar-refractivity contribution in [1.82, 2.24) is 0 Å². The van der Waals surface area contributed by atoms with E-state index in [4.69, 9.17) is 0 Å². The second-order valence-corrected chi connectivity index (χ2v) is 5.39. The highest BCUT2D eigenvalue weighted by atomic mass is 32.1. The van der Waals surface area contributed by atoms with E-state index in [0.717, 1.165) is 12.8 Å². The van der Waals surface area contributed by atoms with Crippen LogP contribution in [0.1, 0.15) is 40.0 Å². The Hall–Kier alpha value is 0.310. The number of thiol groups is 1. The SMILES string of the molecule is CC1CCC(C(C)C)C(O)(S)C1. The summed E-state index contributed by atoms with van der Waals surface area (Å²) in [4.78, 5) is -0.716. The van der Waals surface area contributed by atoms with Crippen molar-refractivity contribution in [2.24, 2.45) is 17.8 Å². The molecule has 0 radical (unpaired) electrons. The van der Waals surface area contributed by atoms with Crippen LogP contribution in [-0.4, -0.2) is 10.0 Å². The first-order valence-electron chi connectivity index (χ1n) is 4.88. The van der Waals surface area contributed by atoms with Crippen molar-refractivity contribution in [2.45, 2.75) is 45.0 Å². The number of aliphatic hydroxyl groups is 1. The molecule has 0 amide bonds. The summed E-state index contributed by atoms with van der Waals surface area (Å²) in [5, 5.41) is 10.0. The van der Waals surface area contributed by atoms with E-state index in [1.165, 1.54) is 6.42 Å². The zero-order chi connectivity index (χ0) is 9.35. The predicted octanol–water partition coefficient (Wildman–Crippen LogP) is 2.70. The summed E-state index contributed by atoms with van der Waals surface area (Å²) in [5.41, 5.74) is 0. The lowest BCUT2D eigenvalue weighted by Gasteiger charge is -2.41. The van der Waals surface area contributed by atoms with Crippen LogP contribution in [0.5, 0.6) is 0 Å². The van der Waals surface area contributed by atoms with Crippen molar-refractivity contribution in [3.63, 3.8) is 0 Å². The Morgan fingerprint density at radius 1 is 1.42 bits per heavy atom. The van der Waals surface area contributed by atoms with Gasteiger partial charge in [0.05, 0.1) is 0 Å². The molecule has 0 aliphatic heterocycles. The van der Waals surface area contributed by atoms with Gasteiger partial charge in [-0.25, -0.2) is 0 Å². The first kappa shape index (κ1) is 10.4. The van der Waals surface area contributed by atoms with Crippen molar-refractivity contribution >= 4 is 12.6 Å². The van der Waals surface area contributed by atoms with Gasteiger partial charge in [0.15, 0.2) is 0 Å². The van der Waals surface area contributed by atoms with Gasteiger partial charge in [-0.05, 0) is 30.6 Å². The van der Waals surface area contributed by atoms with Crippen molar-refractivity contribution < 1.29 is 5.11 Å². The fraction of sp³-hybridized carbons (Fsp3) is 1.00. The maximum atomic E-state index is 10.0. The quantitative estimate of drug-likeness (QED) is 0.479. The number of hydrogen-bond acceptors (Lipinski definition) is 2. The van der Waals surface area contributed by atoms with Crippen molar-refractivity contribution in [3.05, 3.63) is 0 Å². The van der Waals surface area contributed by atoms with Gasteiger partial charge in [0.1, 0.15) is 4.93 Å². The molecule has 1 saturated carbocycles. The minimum atomic E-state index is -0.716. The molecule has 0 bridgehead atoms. The van der Waals surface area contributed by atoms with Crippen LogP contribution >= 0.6 is 12.6 Å². The molecule has 1 rings (SSSR count). The molecule has 72 valence electrons. The predicted molar refractivity (Wildman–Crippen MR) is 55.3 cm³/mol. The Bertz CT molecular complexity index is 154. The van der Waals surface area contributed by atoms with Crippen LogP contribution in [0, 0.1) is 17.8 Å². The van der Waals surface area contributed by atoms with E-state index in [1.54, 1.807) is 0 Å². The van der Waals surface area contributed by atoms with E-state index in [0.29, 0.717) is 17.8 Å². The van der Waals surface area contributed by atoms with Crippen LogP contribution in [0.4, 0.5) is 0 Å². The standard InChI is InChI=1S/C10H20OS/c1-7(2)9-5-4-8(3)6-10(9,11)12/h7-9,11-12H,4-6H2,1-3H3. The van der Waals surface area contributed by atoms with Gasteiger partial charge in [-0.3, -0.25) is 0 Å². The molecule has 0 saturated heterocycles. The minimum absolute atomic E-state index is 0.372. The van der Waals surface area contributed by atoms with Crippen molar-refractivity contribution in [3.8, 4) is 0 Å². The Labute approximate surface area is 81.0 Å². The molecule has 1 N–H and O–H groups in total. The zero-order valence-corrected chi connectivity index (χ0v) is 9.14. The van der Waals surface area contributed by atoms with E-state index < -0.39 is 4.93 Å². The Morgan fingerprint density at radius 2 is 2.00 bits per heavy atom. The molecule has 1 fully saturated rings. The number of rotatable bonds is 1. The third-order valence-electron chi connectivity index (χ3n) is 3.02. The zero-order valence-electron chi connectivity index (χ0n) is 8.25. The molecule has 0 aromatic heterocycles. The van der Waals surface area contributed by atoms with Crippen LogP contribution < -0.4 is 0 Å². The van der Waals surface area contributed by atoms with Crippen LogP contribution in [0.3, 0.4) is 0 Å². The van der Waals surface area contributed by atoms with Gasteiger partial charge >= 0.3 is 0 Å². The fourth-order valence-electron chi connectivity index (χ4n) is 2.33. The summed E-state index contributed by atoms with van der Waals surface area (Å²) in [5.74, 6) is 1.54. The molecular formula is C10H20OS. The summed E-state index contributed by atoms with van der Waals surface area (Å²) in [7, 11) is 0. The molecule has 0 aromatic rings. The van der Waals surface area contributed by atoms with Crippen LogP contribution in [0.2, 0.25) is 0 Å². The van der Waals surface area contributed by atoms with Gasteiger partial charge in [-0.15, -0.1) is 12.6 Å². The maximum Gasteiger partial charge on any atom is 0.111 e. The topological polar surface area (TPSA) is 20.2 Å². The average molecular weight is 188 g/mol. The van der Waals surface area contributed by atoms with Gasteiger partial charge in [-0.1, -0.05) is 27.2 Å². The van der Waals surface area contributed by atoms with Gasteiger partial charge in [0.25, 0.3) is 0 Å². The van der Waals surface area contributed by atoms with E-state index in [2.05, 4.69) is 33.4 Å². The smallest absolute Gasteiger partial charge is 0.111 e. The van der Waals surface area contributed by atoms with Gasteiger partial charge in [0.2, 0.25) is 0 Å². The Balaban J connectivity index is 2.64. The lowest BCUT2D eigenvalue weighted by Crippen LogP contribution is -2.40. The van der Waals surface area contributed by atoms with E-state index in [1.807, 2.05) is 0 Å². The highest BCUT2D eigenvalue weighted by Crippen LogP contribution is 2.42. The average Bonchev–Trinajstić information content (AvgIpc) is 1.82. The largest absolute Gasteiger partial charge is 0.379 e. The van der Waals surface area contributed by atoms with Crippen molar-refractivity contribution in [2.75, 3.05) is 0 Å². The molecule has 2 heteroatoms. The molecule has 3 unspecified atom stereocenters. The summed E-state index contributed by atoms with van der Waals surface area (Å²) in [6, 6.07) is 0. The minimum Gasteiger partial charge on any atom is -0.379 e. The lowest BCUT2D eigenvalue weighted by molar-refractivity contribution is -0.00216. The highest BCUT2D eigenvalue weighted by molar-refractivity contribution is 7.81. The first-order chi connectivity index (χ1) is 5.43. The Kier molecular flexibility index (Phi) is 3.11.